The summed E-state index contributed by atoms with van der Waals surface area (Å²) in [7, 11) is 0. The van der Waals surface area contributed by atoms with Gasteiger partial charge in [0.2, 0.25) is 0 Å². The van der Waals surface area contributed by atoms with Gasteiger partial charge in [-0.1, -0.05) is 29.3 Å². The molecule has 0 aliphatic carbocycles. The maximum absolute atomic E-state index is 12.1. The third-order valence-electron chi connectivity index (χ3n) is 3.83. The van der Waals surface area contributed by atoms with Crippen LogP contribution in [0.15, 0.2) is 46.9 Å². The van der Waals surface area contributed by atoms with Crippen molar-refractivity contribution in [3.05, 3.63) is 63.0 Å². The molecule has 0 saturated carbocycles. The zero-order valence-electron chi connectivity index (χ0n) is 14.4. The largest absolute Gasteiger partial charge is 0.508 e. The van der Waals surface area contributed by atoms with E-state index in [1.807, 2.05) is 0 Å². The van der Waals surface area contributed by atoms with E-state index in [0.29, 0.717) is 31.8 Å². The monoisotopic (exact) mass is 436 g/mol. The number of thiophene rings is 1. The number of rotatable bonds is 4. The predicted octanol–water partition coefficient (Wildman–Crippen LogP) is 4.99. The summed E-state index contributed by atoms with van der Waals surface area (Å²) >= 11 is 13.3. The molecule has 0 spiro atoms. The van der Waals surface area contributed by atoms with E-state index < -0.39 is 5.91 Å². The molecule has 0 aliphatic rings. The van der Waals surface area contributed by atoms with E-state index >= 15 is 0 Å². The molecule has 0 unspecified atom stereocenters. The second kappa shape index (κ2) is 8.10. The van der Waals surface area contributed by atoms with Crippen molar-refractivity contribution in [2.24, 2.45) is 5.10 Å². The molecule has 6 nitrogen and oxygen atoms in total. The van der Waals surface area contributed by atoms with Crippen LogP contribution < -0.4 is 5.43 Å². The topological polar surface area (TPSA) is 102 Å². The fourth-order valence-corrected chi connectivity index (χ4v) is 3.74. The van der Waals surface area contributed by atoms with Crippen LogP contribution in [0.1, 0.15) is 22.8 Å². The first-order valence-corrected chi connectivity index (χ1v) is 9.53. The lowest BCUT2D eigenvalue weighted by Crippen LogP contribution is -2.19. The van der Waals surface area contributed by atoms with Crippen LogP contribution in [-0.4, -0.2) is 26.9 Å². The SMILES string of the molecule is CC(=NNC(=O)c1cc(O)cc(O)c1)c1csc(-c2ccc(Cl)c(Cl)c2)c1O. The molecule has 2 aromatic carbocycles. The minimum atomic E-state index is -0.620. The average molecular weight is 437 g/mol. The van der Waals surface area contributed by atoms with Crippen LogP contribution in [0.5, 0.6) is 17.2 Å². The number of halogens is 2. The summed E-state index contributed by atoms with van der Waals surface area (Å²) in [5.74, 6) is -1.10. The number of hydrogen-bond donors (Lipinski definition) is 4. The van der Waals surface area contributed by atoms with Crippen molar-refractivity contribution in [1.82, 2.24) is 5.43 Å². The molecule has 1 heterocycles. The molecule has 0 radical (unpaired) electrons. The predicted molar refractivity (Wildman–Crippen MR) is 111 cm³/mol. The lowest BCUT2D eigenvalue weighted by Gasteiger charge is -2.05. The summed E-state index contributed by atoms with van der Waals surface area (Å²) in [5, 5.41) is 35.9. The Balaban J connectivity index is 1.82. The minimum absolute atomic E-state index is 0.00823. The standard InChI is InChI=1S/C19H14Cl2N2O4S/c1-9(22-23-19(27)11-4-12(24)7-13(25)5-11)14-8-28-18(17(14)26)10-2-3-15(20)16(21)6-10/h2-8,24-26H,1H3,(H,23,27). The number of aromatic hydroxyl groups is 3. The van der Waals surface area contributed by atoms with Crippen molar-refractivity contribution in [2.45, 2.75) is 6.92 Å². The Labute approximate surface area is 174 Å². The van der Waals surface area contributed by atoms with Crippen molar-refractivity contribution >= 4 is 46.2 Å². The molecule has 0 fully saturated rings. The molecule has 0 bridgehead atoms. The lowest BCUT2D eigenvalue weighted by molar-refractivity contribution is 0.0954. The van der Waals surface area contributed by atoms with Gasteiger partial charge in [-0.25, -0.2) is 5.43 Å². The number of benzene rings is 2. The minimum Gasteiger partial charge on any atom is -0.508 e. The van der Waals surface area contributed by atoms with Crippen molar-refractivity contribution in [3.63, 3.8) is 0 Å². The Hall–Kier alpha value is -2.74. The van der Waals surface area contributed by atoms with E-state index in [-0.39, 0.29) is 22.8 Å². The number of phenolic OH excluding ortho intramolecular Hbond substituents is 2. The van der Waals surface area contributed by atoms with Crippen molar-refractivity contribution < 1.29 is 20.1 Å². The van der Waals surface area contributed by atoms with Crippen LogP contribution >= 0.6 is 34.5 Å². The van der Waals surface area contributed by atoms with Gasteiger partial charge in [-0.05, 0) is 36.8 Å². The molecular formula is C19H14Cl2N2O4S. The second-order valence-electron chi connectivity index (χ2n) is 5.83. The number of phenols is 2. The highest BCUT2D eigenvalue weighted by Crippen LogP contribution is 2.40. The van der Waals surface area contributed by atoms with E-state index in [9.17, 15) is 20.1 Å². The van der Waals surface area contributed by atoms with Gasteiger partial charge in [0.25, 0.3) is 5.91 Å². The zero-order chi connectivity index (χ0) is 20.4. The van der Waals surface area contributed by atoms with Gasteiger partial charge in [-0.15, -0.1) is 11.3 Å². The quantitative estimate of drug-likeness (QED) is 0.341. The van der Waals surface area contributed by atoms with Crippen molar-refractivity contribution in [1.29, 1.82) is 0 Å². The molecule has 0 saturated heterocycles. The summed E-state index contributed by atoms with van der Waals surface area (Å²) in [5.41, 5.74) is 3.89. The molecule has 28 heavy (non-hydrogen) atoms. The van der Waals surface area contributed by atoms with Gasteiger partial charge in [0.1, 0.15) is 17.2 Å². The highest BCUT2D eigenvalue weighted by atomic mass is 35.5. The molecule has 1 amide bonds. The first kappa shape index (κ1) is 20.0. The number of carbonyl (C=O) groups excluding carboxylic acids is 1. The Bertz CT molecular complexity index is 1080. The Morgan fingerprint density at radius 3 is 2.36 bits per heavy atom. The molecular weight excluding hydrogens is 423 g/mol. The van der Waals surface area contributed by atoms with Crippen LogP contribution in [0.3, 0.4) is 0 Å². The molecule has 0 atom stereocenters. The number of amides is 1. The molecule has 4 N–H and O–H groups in total. The van der Waals surface area contributed by atoms with E-state index in [4.69, 9.17) is 23.2 Å². The fourth-order valence-electron chi connectivity index (χ4n) is 2.44. The fraction of sp³-hybridized carbons (Fsp3) is 0.0526. The number of nitrogens with zero attached hydrogens (tertiary/aromatic N) is 1. The molecule has 9 heteroatoms. The number of carbonyl (C=O) groups is 1. The van der Waals surface area contributed by atoms with Gasteiger partial charge in [0.05, 0.1) is 26.2 Å². The summed E-state index contributed by atoms with van der Waals surface area (Å²) < 4.78 is 0. The van der Waals surface area contributed by atoms with Crippen molar-refractivity contribution in [2.75, 3.05) is 0 Å². The van der Waals surface area contributed by atoms with Crippen LogP contribution in [-0.2, 0) is 0 Å². The summed E-state index contributed by atoms with van der Waals surface area (Å²) in [6, 6.07) is 8.55. The van der Waals surface area contributed by atoms with E-state index in [0.717, 1.165) is 6.07 Å². The lowest BCUT2D eigenvalue weighted by atomic mass is 10.1. The van der Waals surface area contributed by atoms with Gasteiger partial charge in [0.15, 0.2) is 0 Å². The number of nitrogens with one attached hydrogen (secondary N) is 1. The molecule has 144 valence electrons. The Morgan fingerprint density at radius 2 is 1.71 bits per heavy atom. The summed E-state index contributed by atoms with van der Waals surface area (Å²) in [6.07, 6.45) is 0. The molecule has 0 aliphatic heterocycles. The third kappa shape index (κ3) is 4.22. The van der Waals surface area contributed by atoms with Crippen molar-refractivity contribution in [3.8, 4) is 27.7 Å². The van der Waals surface area contributed by atoms with Crippen LogP contribution in [0, 0.1) is 0 Å². The average Bonchev–Trinajstić information content (AvgIpc) is 3.02. The first-order chi connectivity index (χ1) is 13.3. The molecule has 3 rings (SSSR count). The van der Waals surface area contributed by atoms with E-state index in [2.05, 4.69) is 10.5 Å². The second-order valence-corrected chi connectivity index (χ2v) is 7.53. The summed E-state index contributed by atoms with van der Waals surface area (Å²) in [6.45, 7) is 1.63. The normalized spacial score (nSPS) is 11.5. The Kier molecular flexibility index (Phi) is 5.79. The van der Waals surface area contributed by atoms with Gasteiger partial charge < -0.3 is 15.3 Å². The van der Waals surface area contributed by atoms with Crippen LogP contribution in [0.2, 0.25) is 10.0 Å². The third-order valence-corrected chi connectivity index (χ3v) is 5.58. The highest BCUT2D eigenvalue weighted by Gasteiger charge is 2.16. The maximum atomic E-state index is 12.1. The number of hydrazone groups is 1. The van der Waals surface area contributed by atoms with Crippen LogP contribution in [0.4, 0.5) is 0 Å². The molecule has 1 aromatic heterocycles. The van der Waals surface area contributed by atoms with Gasteiger partial charge in [-0.2, -0.15) is 5.10 Å². The highest BCUT2D eigenvalue weighted by molar-refractivity contribution is 7.14. The Morgan fingerprint density at radius 1 is 1.04 bits per heavy atom. The van der Waals surface area contributed by atoms with Gasteiger partial charge in [0, 0.05) is 17.0 Å². The van der Waals surface area contributed by atoms with Gasteiger partial charge >= 0.3 is 0 Å². The van der Waals surface area contributed by atoms with E-state index in [1.165, 1.54) is 23.5 Å². The first-order valence-electron chi connectivity index (χ1n) is 7.90. The summed E-state index contributed by atoms with van der Waals surface area (Å²) in [4.78, 5) is 12.7. The smallest absolute Gasteiger partial charge is 0.271 e. The zero-order valence-corrected chi connectivity index (χ0v) is 16.7. The van der Waals surface area contributed by atoms with Crippen LogP contribution in [0.25, 0.3) is 10.4 Å². The van der Waals surface area contributed by atoms with Gasteiger partial charge in [-0.3, -0.25) is 4.79 Å². The molecule has 3 aromatic rings. The van der Waals surface area contributed by atoms with E-state index in [1.54, 1.807) is 30.5 Å². The number of hydrogen-bond acceptors (Lipinski definition) is 6. The maximum Gasteiger partial charge on any atom is 0.271 e.